The number of carbonyl (C=O) groups is 1. The van der Waals surface area contributed by atoms with Gasteiger partial charge in [-0.05, 0) is 42.0 Å². The second-order valence-corrected chi connectivity index (χ2v) is 10.4. The van der Waals surface area contributed by atoms with Crippen molar-refractivity contribution in [1.29, 1.82) is 0 Å². The zero-order valence-electron chi connectivity index (χ0n) is 22.8. The van der Waals surface area contributed by atoms with E-state index in [4.69, 9.17) is 45.3 Å². The number of halogens is 1. The van der Waals surface area contributed by atoms with Gasteiger partial charge in [0.05, 0.1) is 33.8 Å². The molecule has 4 rings (SSSR count). The van der Waals surface area contributed by atoms with Crippen molar-refractivity contribution in [2.75, 3.05) is 39.5 Å². The first kappa shape index (κ1) is 30.9. The fraction of sp³-hybridized carbons (Fsp3) is 0.259. The van der Waals surface area contributed by atoms with Crippen LogP contribution in [0.15, 0.2) is 65.4 Å². The molecule has 1 atom stereocenters. The fourth-order valence-electron chi connectivity index (χ4n) is 3.75. The Kier molecular flexibility index (Phi) is 11.3. The van der Waals surface area contributed by atoms with E-state index >= 15 is 0 Å². The minimum absolute atomic E-state index is 0.00363. The van der Waals surface area contributed by atoms with E-state index in [1.807, 2.05) is 12.1 Å². The Bertz CT molecular complexity index is 1580. The average molecular weight is 618 g/mol. The lowest BCUT2D eigenvalue weighted by Crippen LogP contribution is -2.13. The molecule has 0 aliphatic rings. The molecular formula is C27H29ClN5O8P. The Morgan fingerprint density at radius 1 is 1.17 bits per heavy atom. The number of nitrogens with zero attached hydrogens (tertiary/aromatic N) is 3. The van der Waals surface area contributed by atoms with Crippen molar-refractivity contribution in [2.45, 2.75) is 13.2 Å². The van der Waals surface area contributed by atoms with E-state index in [1.54, 1.807) is 48.1 Å². The predicted octanol–water partition coefficient (Wildman–Crippen LogP) is 4.07. The van der Waals surface area contributed by atoms with Crippen LogP contribution < -0.4 is 16.0 Å². The van der Waals surface area contributed by atoms with Gasteiger partial charge in [-0.2, -0.15) is 4.98 Å². The molecule has 4 aromatic rings. The molecule has 15 heteroatoms. The van der Waals surface area contributed by atoms with Crippen LogP contribution in [-0.4, -0.2) is 59.8 Å². The maximum absolute atomic E-state index is 12.0. The third kappa shape index (κ3) is 8.28. The van der Waals surface area contributed by atoms with Crippen LogP contribution in [0.3, 0.4) is 0 Å². The van der Waals surface area contributed by atoms with Crippen LogP contribution in [0.25, 0.3) is 16.9 Å². The van der Waals surface area contributed by atoms with Crippen molar-refractivity contribution in [1.82, 2.24) is 19.5 Å². The highest BCUT2D eigenvalue weighted by Gasteiger charge is 2.18. The molecule has 13 nitrogen and oxygen atoms in total. The molecule has 1 unspecified atom stereocenters. The predicted molar refractivity (Wildman–Crippen MR) is 157 cm³/mol. The lowest BCUT2D eigenvalue weighted by molar-refractivity contribution is -0.122. The van der Waals surface area contributed by atoms with E-state index in [-0.39, 0.29) is 49.2 Å². The number of nitrogen functional groups attached to an aromatic ring is 1. The molecule has 2 aromatic carbocycles. The van der Waals surface area contributed by atoms with Crippen molar-refractivity contribution < 1.29 is 32.8 Å². The second kappa shape index (κ2) is 15.3. The molecule has 0 saturated heterocycles. The second-order valence-electron chi connectivity index (χ2n) is 8.51. The smallest absolute Gasteiger partial charge is 0.298 e. The molecule has 0 fully saturated rings. The monoisotopic (exact) mass is 617 g/mol. The van der Waals surface area contributed by atoms with Crippen LogP contribution in [0, 0.1) is 0 Å². The number of rotatable bonds is 16. The number of aromatic nitrogens is 4. The van der Waals surface area contributed by atoms with Crippen LogP contribution in [0.1, 0.15) is 11.1 Å². The molecule has 0 radical (unpaired) electrons. The first-order chi connectivity index (χ1) is 20.4. The summed E-state index contributed by atoms with van der Waals surface area (Å²) in [6.45, 7) is 1.05. The fourth-order valence-corrected chi connectivity index (χ4v) is 5.02. The number of benzene rings is 2. The number of carbonyl (C=O) groups excluding carboxylic acids is 1. The maximum atomic E-state index is 12.0. The number of fused-ring (bicyclic) bond motifs is 1. The number of aromatic amines is 1. The molecule has 0 aliphatic carbocycles. The average Bonchev–Trinajstić information content (AvgIpc) is 3.40. The van der Waals surface area contributed by atoms with Gasteiger partial charge in [-0.1, -0.05) is 23.7 Å². The molecule has 0 aliphatic heterocycles. The highest BCUT2D eigenvalue weighted by Crippen LogP contribution is 2.40. The third-order valence-corrected chi connectivity index (χ3v) is 7.25. The van der Waals surface area contributed by atoms with E-state index in [1.165, 1.54) is 13.4 Å². The van der Waals surface area contributed by atoms with Crippen LogP contribution in [0.2, 0.25) is 5.02 Å². The molecule has 3 N–H and O–H groups in total. The van der Waals surface area contributed by atoms with Gasteiger partial charge in [0, 0.05) is 17.1 Å². The summed E-state index contributed by atoms with van der Waals surface area (Å²) in [4.78, 5) is 34.0. The quantitative estimate of drug-likeness (QED) is 0.0806. The van der Waals surface area contributed by atoms with Gasteiger partial charge >= 0.3 is 0 Å². The summed E-state index contributed by atoms with van der Waals surface area (Å²) < 4.78 is 35.6. The molecule has 0 amide bonds. The third-order valence-electron chi connectivity index (χ3n) is 5.79. The van der Waals surface area contributed by atoms with Crippen LogP contribution in [-0.2, 0) is 41.2 Å². The Hall–Kier alpha value is -4.00. The number of hydrogen-bond donors (Lipinski definition) is 2. The summed E-state index contributed by atoms with van der Waals surface area (Å²) in [5.74, 6) is 1.10. The van der Waals surface area contributed by atoms with Gasteiger partial charge in [0.1, 0.15) is 18.7 Å². The standard InChI is InChI=1S/C27H29ClN5O8P/c1-36-21-8-6-19(7-9-21)24(39-16-34)22(37-2)14-41-42(40-13-18-4-3-5-20(28)12-18)17-38-11-10-33-15-30-23-25(33)31-27(29)32-26(23)35/h3-9,12,15-16H,10-11,13-14,17H2,1-2H3,(H3,29,31,32,35)/b24-22-. The number of hydrogen-bond acceptors (Lipinski definition) is 11. The molecule has 0 spiro atoms. The van der Waals surface area contributed by atoms with Gasteiger partial charge < -0.3 is 38.3 Å². The van der Waals surface area contributed by atoms with Gasteiger partial charge in [-0.3, -0.25) is 14.6 Å². The minimum Gasteiger partial charge on any atom is -0.497 e. The normalized spacial score (nSPS) is 12.5. The molecule has 222 valence electrons. The van der Waals surface area contributed by atoms with Gasteiger partial charge in [0.2, 0.25) is 5.95 Å². The molecule has 2 heterocycles. The van der Waals surface area contributed by atoms with Gasteiger partial charge in [-0.25, -0.2) is 4.98 Å². The van der Waals surface area contributed by atoms with E-state index in [0.717, 1.165) is 5.56 Å². The largest absolute Gasteiger partial charge is 0.497 e. The summed E-state index contributed by atoms with van der Waals surface area (Å²) in [7, 11) is 1.39. The molecule has 0 bridgehead atoms. The van der Waals surface area contributed by atoms with Gasteiger partial charge in [0.25, 0.3) is 12.0 Å². The first-order valence-corrected chi connectivity index (χ1v) is 14.2. The lowest BCUT2D eigenvalue weighted by Gasteiger charge is -2.20. The Morgan fingerprint density at radius 2 is 1.98 bits per heavy atom. The topological polar surface area (TPSA) is 162 Å². The highest BCUT2D eigenvalue weighted by molar-refractivity contribution is 7.47. The number of methoxy groups -OCH3 is 2. The molecule has 0 saturated carbocycles. The van der Waals surface area contributed by atoms with Crippen molar-refractivity contribution in [3.63, 3.8) is 0 Å². The van der Waals surface area contributed by atoms with Crippen LogP contribution in [0.4, 0.5) is 5.95 Å². The molecule has 2 aromatic heterocycles. The number of imidazole rings is 1. The number of H-pyrrole nitrogens is 1. The highest BCUT2D eigenvalue weighted by atomic mass is 35.5. The maximum Gasteiger partial charge on any atom is 0.298 e. The molecule has 42 heavy (non-hydrogen) atoms. The number of ether oxygens (including phenoxy) is 4. The van der Waals surface area contributed by atoms with E-state index < -0.39 is 13.9 Å². The summed E-state index contributed by atoms with van der Waals surface area (Å²) in [5, 5.41) is 0.581. The van der Waals surface area contributed by atoms with Gasteiger partial charge in [0.15, 0.2) is 31.1 Å². The summed E-state index contributed by atoms with van der Waals surface area (Å²) in [6.07, 6.45) is 1.59. The number of nitrogens with one attached hydrogen (secondary N) is 1. The van der Waals surface area contributed by atoms with Gasteiger partial charge in [-0.15, -0.1) is 0 Å². The lowest BCUT2D eigenvalue weighted by atomic mass is 10.1. The van der Waals surface area contributed by atoms with Crippen molar-refractivity contribution >= 4 is 49.3 Å². The summed E-state index contributed by atoms with van der Waals surface area (Å²) in [5.41, 5.74) is 7.23. The van der Waals surface area contributed by atoms with Crippen LogP contribution in [0.5, 0.6) is 5.75 Å². The van der Waals surface area contributed by atoms with Crippen molar-refractivity contribution in [3.05, 3.63) is 87.1 Å². The van der Waals surface area contributed by atoms with Crippen molar-refractivity contribution in [2.24, 2.45) is 0 Å². The van der Waals surface area contributed by atoms with E-state index in [2.05, 4.69) is 15.0 Å². The van der Waals surface area contributed by atoms with E-state index in [9.17, 15) is 9.59 Å². The number of anilines is 1. The zero-order valence-corrected chi connectivity index (χ0v) is 24.5. The van der Waals surface area contributed by atoms with Crippen LogP contribution >= 0.6 is 20.0 Å². The molecular weight excluding hydrogens is 589 g/mol. The van der Waals surface area contributed by atoms with E-state index in [0.29, 0.717) is 35.0 Å². The zero-order chi connectivity index (χ0) is 29.9. The Balaban J connectivity index is 1.44. The minimum atomic E-state index is -1.62. The Labute approximate surface area is 247 Å². The Morgan fingerprint density at radius 3 is 2.69 bits per heavy atom. The summed E-state index contributed by atoms with van der Waals surface area (Å²) in [6, 6.07) is 14.2. The number of nitrogens with two attached hydrogens (primary N) is 1. The SMILES string of the molecule is CO/C(COP(COCCn1cnc2c(=O)[nH]c(N)nc21)OCc1cccc(Cl)c1)=C(\OC=O)c1ccc(OC)cc1. The summed E-state index contributed by atoms with van der Waals surface area (Å²) >= 11 is 6.11. The van der Waals surface area contributed by atoms with Crippen molar-refractivity contribution in [3.8, 4) is 5.75 Å². The first-order valence-electron chi connectivity index (χ1n) is 12.5.